The minimum Gasteiger partial charge on any atom is -0.436 e. The standard InChI is InChI=1S/C22H26BrN3O4/c1-12(2)20(30-22(24)28)21(27)26-9-3-4-17(26)19-16-11-29-10-15(16)18(25-19)13-5-7-14(23)8-6-13/h5-8,12,17,20,25H,3-4,9-11H2,1-2H3,(H2,24,28). The summed E-state index contributed by atoms with van der Waals surface area (Å²) in [5.74, 6) is -0.360. The molecule has 2 aromatic rings. The second-order valence-electron chi connectivity index (χ2n) is 8.16. The third kappa shape index (κ3) is 3.86. The van der Waals surface area contributed by atoms with Crippen molar-refractivity contribution < 1.29 is 19.1 Å². The first-order valence-corrected chi connectivity index (χ1v) is 11.0. The predicted molar refractivity (Wildman–Crippen MR) is 115 cm³/mol. The van der Waals surface area contributed by atoms with Gasteiger partial charge in [0.05, 0.1) is 24.9 Å². The number of primary amides is 1. The van der Waals surface area contributed by atoms with Crippen molar-refractivity contribution in [1.29, 1.82) is 0 Å². The molecular formula is C22H26BrN3O4. The number of halogens is 1. The summed E-state index contributed by atoms with van der Waals surface area (Å²) < 4.78 is 11.9. The average molecular weight is 476 g/mol. The van der Waals surface area contributed by atoms with E-state index in [4.69, 9.17) is 15.2 Å². The molecule has 1 saturated heterocycles. The molecule has 0 bridgehead atoms. The second kappa shape index (κ2) is 8.43. The van der Waals surface area contributed by atoms with Crippen LogP contribution < -0.4 is 5.73 Å². The molecule has 2 amide bonds. The average Bonchev–Trinajstić information content (AvgIpc) is 3.42. The molecule has 30 heavy (non-hydrogen) atoms. The molecule has 7 nitrogen and oxygen atoms in total. The number of nitrogens with one attached hydrogen (secondary N) is 1. The molecule has 0 saturated carbocycles. The summed E-state index contributed by atoms with van der Waals surface area (Å²) in [6.07, 6.45) is -0.0716. The number of nitrogens with zero attached hydrogens (tertiary/aromatic N) is 1. The molecule has 160 valence electrons. The van der Waals surface area contributed by atoms with Crippen LogP contribution in [0.4, 0.5) is 4.79 Å². The first kappa shape index (κ1) is 20.9. The van der Waals surface area contributed by atoms with E-state index >= 15 is 0 Å². The Morgan fingerprint density at radius 2 is 1.93 bits per heavy atom. The highest BCUT2D eigenvalue weighted by Crippen LogP contribution is 2.41. The number of rotatable bonds is 5. The fourth-order valence-electron chi connectivity index (χ4n) is 4.42. The minimum atomic E-state index is -0.926. The van der Waals surface area contributed by atoms with Crippen LogP contribution in [-0.4, -0.2) is 34.5 Å². The maximum atomic E-state index is 13.3. The molecule has 3 N–H and O–H groups in total. The molecule has 1 aromatic carbocycles. The Bertz CT molecular complexity index is 954. The number of aromatic nitrogens is 1. The van der Waals surface area contributed by atoms with Crippen molar-refractivity contribution >= 4 is 27.9 Å². The van der Waals surface area contributed by atoms with Gasteiger partial charge in [0.25, 0.3) is 5.91 Å². The fourth-order valence-corrected chi connectivity index (χ4v) is 4.68. The largest absolute Gasteiger partial charge is 0.436 e. The molecule has 1 aromatic heterocycles. The Hall–Kier alpha value is -2.32. The van der Waals surface area contributed by atoms with Crippen molar-refractivity contribution in [1.82, 2.24) is 9.88 Å². The molecular weight excluding hydrogens is 450 g/mol. The van der Waals surface area contributed by atoms with Gasteiger partial charge in [-0.05, 0) is 36.5 Å². The lowest BCUT2D eigenvalue weighted by molar-refractivity contribution is -0.143. The molecule has 4 rings (SSSR count). The number of ether oxygens (including phenoxy) is 2. The number of aromatic amines is 1. The zero-order valence-electron chi connectivity index (χ0n) is 17.1. The SMILES string of the molecule is CC(C)C(OC(N)=O)C(=O)N1CCCC1c1[nH]c(-c2ccc(Br)cc2)c2c1COC2. The normalized spacial score (nSPS) is 19.2. The highest BCUT2D eigenvalue weighted by molar-refractivity contribution is 9.10. The van der Waals surface area contributed by atoms with E-state index in [2.05, 4.69) is 33.0 Å². The Labute approximate surface area is 184 Å². The number of amides is 2. The summed E-state index contributed by atoms with van der Waals surface area (Å²) in [6, 6.07) is 8.04. The quantitative estimate of drug-likeness (QED) is 0.674. The summed E-state index contributed by atoms with van der Waals surface area (Å²) >= 11 is 3.48. The first-order chi connectivity index (χ1) is 14.4. The second-order valence-corrected chi connectivity index (χ2v) is 9.08. The summed E-state index contributed by atoms with van der Waals surface area (Å²) in [7, 11) is 0. The molecule has 0 aliphatic carbocycles. The fraction of sp³-hybridized carbons (Fsp3) is 0.455. The van der Waals surface area contributed by atoms with Gasteiger partial charge in [0.2, 0.25) is 0 Å². The van der Waals surface area contributed by atoms with Crippen LogP contribution in [0.5, 0.6) is 0 Å². The predicted octanol–water partition coefficient (Wildman–Crippen LogP) is 4.26. The van der Waals surface area contributed by atoms with Gasteiger partial charge in [0.1, 0.15) is 0 Å². The zero-order valence-corrected chi connectivity index (χ0v) is 18.7. The topological polar surface area (TPSA) is 97.6 Å². The Morgan fingerprint density at radius 1 is 1.23 bits per heavy atom. The number of H-pyrrole nitrogens is 1. The number of nitrogens with two attached hydrogens (primary N) is 1. The molecule has 2 unspecified atom stereocenters. The minimum absolute atomic E-state index is 0.102. The van der Waals surface area contributed by atoms with E-state index in [-0.39, 0.29) is 17.9 Å². The van der Waals surface area contributed by atoms with E-state index in [0.29, 0.717) is 19.8 Å². The number of fused-ring (bicyclic) bond motifs is 1. The summed E-state index contributed by atoms with van der Waals surface area (Å²) in [6.45, 7) is 5.40. The Morgan fingerprint density at radius 3 is 2.60 bits per heavy atom. The zero-order chi connectivity index (χ0) is 21.4. The summed E-state index contributed by atoms with van der Waals surface area (Å²) in [5.41, 5.74) is 10.6. The number of likely N-dealkylation sites (tertiary alicyclic amines) is 1. The molecule has 0 radical (unpaired) electrons. The van der Waals surface area contributed by atoms with E-state index in [1.54, 1.807) is 0 Å². The summed E-state index contributed by atoms with van der Waals surface area (Å²) in [4.78, 5) is 30.0. The Kier molecular flexibility index (Phi) is 5.88. The first-order valence-electron chi connectivity index (χ1n) is 10.2. The van der Waals surface area contributed by atoms with Crippen LogP contribution in [0, 0.1) is 5.92 Å². The van der Waals surface area contributed by atoms with Crippen molar-refractivity contribution in [3.63, 3.8) is 0 Å². The molecule has 8 heteroatoms. The number of carbonyl (C=O) groups excluding carboxylic acids is 2. The smallest absolute Gasteiger partial charge is 0.405 e. The maximum absolute atomic E-state index is 13.3. The molecule has 2 aliphatic heterocycles. The van der Waals surface area contributed by atoms with Gasteiger partial charge in [0, 0.05) is 27.8 Å². The molecule has 1 fully saturated rings. The number of hydrogen-bond acceptors (Lipinski definition) is 4. The van der Waals surface area contributed by atoms with E-state index in [1.165, 1.54) is 0 Å². The van der Waals surface area contributed by atoms with Crippen LogP contribution in [0.2, 0.25) is 0 Å². The van der Waals surface area contributed by atoms with Crippen molar-refractivity contribution in [2.45, 2.75) is 52.0 Å². The van der Waals surface area contributed by atoms with E-state index in [9.17, 15) is 9.59 Å². The highest BCUT2D eigenvalue weighted by atomic mass is 79.9. The van der Waals surface area contributed by atoms with Gasteiger partial charge in [-0.1, -0.05) is 41.9 Å². The van der Waals surface area contributed by atoms with Gasteiger partial charge in [0.15, 0.2) is 6.10 Å². The van der Waals surface area contributed by atoms with Crippen LogP contribution in [0.15, 0.2) is 28.7 Å². The van der Waals surface area contributed by atoms with Crippen molar-refractivity contribution in [2.24, 2.45) is 11.7 Å². The van der Waals surface area contributed by atoms with Crippen LogP contribution in [-0.2, 0) is 27.5 Å². The van der Waals surface area contributed by atoms with Crippen molar-refractivity contribution in [3.8, 4) is 11.3 Å². The lowest BCUT2D eigenvalue weighted by Gasteiger charge is -2.30. The molecule has 2 aliphatic rings. The lowest BCUT2D eigenvalue weighted by Crippen LogP contribution is -2.44. The van der Waals surface area contributed by atoms with Gasteiger partial charge < -0.3 is 25.1 Å². The highest BCUT2D eigenvalue weighted by Gasteiger charge is 2.39. The van der Waals surface area contributed by atoms with Crippen LogP contribution >= 0.6 is 15.9 Å². The number of benzene rings is 1. The molecule has 0 spiro atoms. The van der Waals surface area contributed by atoms with Crippen molar-refractivity contribution in [2.75, 3.05) is 6.54 Å². The maximum Gasteiger partial charge on any atom is 0.405 e. The Balaban J connectivity index is 1.68. The van der Waals surface area contributed by atoms with Crippen molar-refractivity contribution in [3.05, 3.63) is 45.6 Å². The third-order valence-electron chi connectivity index (χ3n) is 5.84. The van der Waals surface area contributed by atoms with Gasteiger partial charge in [-0.2, -0.15) is 0 Å². The van der Waals surface area contributed by atoms with E-state index in [1.807, 2.05) is 30.9 Å². The number of hydrogen-bond donors (Lipinski definition) is 2. The number of carbonyl (C=O) groups is 2. The summed E-state index contributed by atoms with van der Waals surface area (Å²) in [5, 5.41) is 0. The van der Waals surface area contributed by atoms with Crippen LogP contribution in [0.25, 0.3) is 11.3 Å². The van der Waals surface area contributed by atoms with Crippen LogP contribution in [0.1, 0.15) is 49.6 Å². The lowest BCUT2D eigenvalue weighted by atomic mass is 10.0. The van der Waals surface area contributed by atoms with Gasteiger partial charge in [-0.3, -0.25) is 4.79 Å². The van der Waals surface area contributed by atoms with E-state index < -0.39 is 12.2 Å². The third-order valence-corrected chi connectivity index (χ3v) is 6.37. The van der Waals surface area contributed by atoms with Crippen LogP contribution in [0.3, 0.4) is 0 Å². The molecule has 3 heterocycles. The van der Waals surface area contributed by atoms with E-state index in [0.717, 1.165) is 45.4 Å². The van der Waals surface area contributed by atoms with Gasteiger partial charge in [-0.15, -0.1) is 0 Å². The molecule has 2 atom stereocenters. The monoisotopic (exact) mass is 475 g/mol. The van der Waals surface area contributed by atoms with Gasteiger partial charge in [-0.25, -0.2) is 4.79 Å². The van der Waals surface area contributed by atoms with Gasteiger partial charge >= 0.3 is 6.09 Å².